The van der Waals surface area contributed by atoms with Crippen LogP contribution in [0.3, 0.4) is 0 Å². The smallest absolute Gasteiger partial charge is 0.272 e. The number of hydrogen-bond donors (Lipinski definition) is 1. The number of carbonyl (C=O) groups excluding carboxylic acids is 1. The normalized spacial score (nSPS) is 15.1. The zero-order valence-corrected chi connectivity index (χ0v) is 11.7. The maximum Gasteiger partial charge on any atom is 0.272 e. The van der Waals surface area contributed by atoms with Crippen LogP contribution >= 0.6 is 0 Å². The summed E-state index contributed by atoms with van der Waals surface area (Å²) >= 11 is 0. The number of likely N-dealkylation sites (tertiary alicyclic amines) is 1. The zero-order chi connectivity index (χ0) is 15.0. The number of aliphatic hydroxyl groups excluding tert-OH is 1. The third-order valence-corrected chi connectivity index (χ3v) is 3.74. The van der Waals surface area contributed by atoms with Gasteiger partial charge < -0.3 is 10.0 Å². The Morgan fingerprint density at radius 1 is 1.38 bits per heavy atom. The van der Waals surface area contributed by atoms with Crippen LogP contribution in [-0.2, 0) is 7.05 Å². The van der Waals surface area contributed by atoms with E-state index in [4.69, 9.17) is 5.11 Å². The lowest BCUT2D eigenvalue weighted by Crippen LogP contribution is -2.51. The van der Waals surface area contributed by atoms with Crippen LogP contribution in [0.1, 0.15) is 10.5 Å². The van der Waals surface area contributed by atoms with Gasteiger partial charge in [0.25, 0.3) is 5.91 Å². The number of benzene rings is 1. The molecule has 0 bridgehead atoms. The molecular weight excluding hydrogens is 273 g/mol. The van der Waals surface area contributed by atoms with E-state index in [1.54, 1.807) is 30.1 Å². The third kappa shape index (κ3) is 2.54. The van der Waals surface area contributed by atoms with E-state index < -0.39 is 0 Å². The Bertz CT molecular complexity index is 660. The number of aliphatic hydroxyl groups is 1. The van der Waals surface area contributed by atoms with Gasteiger partial charge in [0.1, 0.15) is 11.5 Å². The number of amides is 1. The summed E-state index contributed by atoms with van der Waals surface area (Å²) in [5.74, 6) is -0.219. The van der Waals surface area contributed by atoms with Gasteiger partial charge in [0.05, 0.1) is 5.69 Å². The van der Waals surface area contributed by atoms with Crippen molar-refractivity contribution in [3.05, 3.63) is 41.8 Å². The molecule has 0 atom stereocenters. The number of rotatable bonds is 3. The minimum absolute atomic E-state index is 0.0944. The Hall–Kier alpha value is -2.21. The Morgan fingerprint density at radius 2 is 2.05 bits per heavy atom. The second-order valence-electron chi connectivity index (χ2n) is 5.30. The van der Waals surface area contributed by atoms with Crippen LogP contribution in [0, 0.1) is 11.7 Å². The quantitative estimate of drug-likeness (QED) is 0.926. The van der Waals surface area contributed by atoms with Gasteiger partial charge in [-0.05, 0) is 30.3 Å². The highest BCUT2D eigenvalue weighted by atomic mass is 19.1. The predicted octanol–water partition coefficient (Wildman–Crippen LogP) is 1.29. The lowest BCUT2D eigenvalue weighted by molar-refractivity contribution is 0.0352. The second-order valence-corrected chi connectivity index (χ2v) is 5.30. The molecule has 0 saturated carbocycles. The van der Waals surface area contributed by atoms with Crippen molar-refractivity contribution in [2.75, 3.05) is 19.7 Å². The van der Waals surface area contributed by atoms with E-state index in [1.807, 2.05) is 0 Å². The summed E-state index contributed by atoms with van der Waals surface area (Å²) in [6.45, 7) is 1.26. The first-order valence-corrected chi connectivity index (χ1v) is 6.78. The maximum absolute atomic E-state index is 12.9. The van der Waals surface area contributed by atoms with Crippen LogP contribution < -0.4 is 0 Å². The monoisotopic (exact) mass is 289 g/mol. The van der Waals surface area contributed by atoms with Gasteiger partial charge in [0, 0.05) is 38.2 Å². The summed E-state index contributed by atoms with van der Waals surface area (Å²) in [6, 6.07) is 7.72. The molecule has 0 radical (unpaired) electrons. The number of aryl methyl sites for hydroxylation is 1. The molecule has 3 rings (SSSR count). The van der Waals surface area contributed by atoms with Gasteiger partial charge in [-0.25, -0.2) is 4.39 Å². The minimum atomic E-state index is -0.304. The van der Waals surface area contributed by atoms with E-state index in [-0.39, 0.29) is 24.2 Å². The molecule has 1 aliphatic rings. The standard InChI is InChI=1S/C15H16FN3O2/c1-18-14(15(21)19-7-10(8-19)9-20)6-13(17-18)11-2-4-12(16)5-3-11/h2-6,10,20H,7-9H2,1H3. The van der Waals surface area contributed by atoms with Gasteiger partial charge in [0.2, 0.25) is 0 Å². The van der Waals surface area contributed by atoms with Gasteiger partial charge in [-0.1, -0.05) is 0 Å². The first-order valence-electron chi connectivity index (χ1n) is 6.78. The molecule has 0 spiro atoms. The van der Waals surface area contributed by atoms with Gasteiger partial charge >= 0.3 is 0 Å². The molecule has 1 amide bonds. The summed E-state index contributed by atoms with van der Waals surface area (Å²) in [6.07, 6.45) is 0. The molecule has 6 heteroatoms. The van der Waals surface area contributed by atoms with E-state index in [9.17, 15) is 9.18 Å². The number of halogens is 1. The fraction of sp³-hybridized carbons (Fsp3) is 0.333. The molecule has 1 aliphatic heterocycles. The number of aromatic nitrogens is 2. The van der Waals surface area contributed by atoms with E-state index >= 15 is 0 Å². The Morgan fingerprint density at radius 3 is 2.67 bits per heavy atom. The molecule has 1 saturated heterocycles. The first-order chi connectivity index (χ1) is 10.1. The number of hydrogen-bond acceptors (Lipinski definition) is 3. The fourth-order valence-corrected chi connectivity index (χ4v) is 2.44. The van der Waals surface area contributed by atoms with Crippen LogP contribution in [0.15, 0.2) is 30.3 Å². The van der Waals surface area contributed by atoms with Crippen molar-refractivity contribution >= 4 is 5.91 Å². The molecule has 2 aromatic rings. The van der Waals surface area contributed by atoms with Gasteiger partial charge in [-0.3, -0.25) is 9.48 Å². The molecule has 5 nitrogen and oxygen atoms in total. The number of carbonyl (C=O) groups is 1. The Labute approximate surface area is 121 Å². The van der Waals surface area contributed by atoms with Crippen LogP contribution in [0.5, 0.6) is 0 Å². The molecule has 0 unspecified atom stereocenters. The maximum atomic E-state index is 12.9. The average molecular weight is 289 g/mol. The average Bonchev–Trinajstić information content (AvgIpc) is 2.80. The van der Waals surface area contributed by atoms with Gasteiger partial charge in [-0.15, -0.1) is 0 Å². The lowest BCUT2D eigenvalue weighted by atomic mass is 10.0. The third-order valence-electron chi connectivity index (χ3n) is 3.74. The van der Waals surface area contributed by atoms with E-state index in [2.05, 4.69) is 5.10 Å². The van der Waals surface area contributed by atoms with Crippen LogP contribution in [-0.4, -0.2) is 45.4 Å². The molecule has 1 fully saturated rings. The Balaban J connectivity index is 1.81. The van der Waals surface area contributed by atoms with Crippen LogP contribution in [0.2, 0.25) is 0 Å². The van der Waals surface area contributed by atoms with E-state index in [0.717, 1.165) is 5.56 Å². The summed E-state index contributed by atoms with van der Waals surface area (Å²) < 4.78 is 14.5. The molecule has 1 N–H and O–H groups in total. The van der Waals surface area contributed by atoms with Crippen molar-refractivity contribution in [2.45, 2.75) is 0 Å². The largest absolute Gasteiger partial charge is 0.396 e. The molecule has 110 valence electrons. The van der Waals surface area contributed by atoms with Crippen molar-refractivity contribution in [3.8, 4) is 11.3 Å². The van der Waals surface area contributed by atoms with Gasteiger partial charge in [0.15, 0.2) is 0 Å². The molecular formula is C15H16FN3O2. The van der Waals surface area contributed by atoms with Crippen molar-refractivity contribution in [1.29, 1.82) is 0 Å². The van der Waals surface area contributed by atoms with Crippen LogP contribution in [0.4, 0.5) is 4.39 Å². The fourth-order valence-electron chi connectivity index (χ4n) is 2.44. The highest BCUT2D eigenvalue weighted by Gasteiger charge is 2.32. The molecule has 1 aromatic heterocycles. The summed E-state index contributed by atoms with van der Waals surface area (Å²) in [5, 5.41) is 13.3. The van der Waals surface area contributed by atoms with Crippen molar-refractivity contribution in [1.82, 2.24) is 14.7 Å². The molecule has 21 heavy (non-hydrogen) atoms. The first kappa shape index (κ1) is 13.8. The summed E-state index contributed by atoms with van der Waals surface area (Å²) in [4.78, 5) is 14.0. The second kappa shape index (κ2) is 5.29. The number of nitrogens with zero attached hydrogens (tertiary/aromatic N) is 3. The molecule has 1 aromatic carbocycles. The van der Waals surface area contributed by atoms with E-state index in [1.165, 1.54) is 16.8 Å². The minimum Gasteiger partial charge on any atom is -0.396 e. The SMILES string of the molecule is Cn1nc(-c2ccc(F)cc2)cc1C(=O)N1CC(CO)C1. The van der Waals surface area contributed by atoms with Gasteiger partial charge in [-0.2, -0.15) is 5.10 Å². The Kier molecular flexibility index (Phi) is 3.47. The summed E-state index contributed by atoms with van der Waals surface area (Å²) in [7, 11) is 1.71. The van der Waals surface area contributed by atoms with E-state index in [0.29, 0.717) is 24.5 Å². The highest BCUT2D eigenvalue weighted by molar-refractivity contribution is 5.94. The van der Waals surface area contributed by atoms with Crippen molar-refractivity contribution in [2.24, 2.45) is 13.0 Å². The molecule has 2 heterocycles. The lowest BCUT2D eigenvalue weighted by Gasteiger charge is -2.38. The zero-order valence-electron chi connectivity index (χ0n) is 11.7. The predicted molar refractivity (Wildman–Crippen MR) is 75.1 cm³/mol. The van der Waals surface area contributed by atoms with Crippen molar-refractivity contribution in [3.63, 3.8) is 0 Å². The highest BCUT2D eigenvalue weighted by Crippen LogP contribution is 2.22. The van der Waals surface area contributed by atoms with Crippen LogP contribution in [0.25, 0.3) is 11.3 Å². The van der Waals surface area contributed by atoms with Crippen molar-refractivity contribution < 1.29 is 14.3 Å². The molecule has 0 aliphatic carbocycles. The summed E-state index contributed by atoms with van der Waals surface area (Å²) in [5.41, 5.74) is 1.90. The topological polar surface area (TPSA) is 58.4 Å².